The highest BCUT2D eigenvalue weighted by atomic mass is 32.2. The first-order chi connectivity index (χ1) is 9.40. The molecule has 1 aliphatic carbocycles. The van der Waals surface area contributed by atoms with Crippen LogP contribution < -0.4 is 4.72 Å². The van der Waals surface area contributed by atoms with E-state index in [1.165, 1.54) is 6.07 Å². The number of aryl methyl sites for hydroxylation is 1. The SMILES string of the molecule is Cc1cccc(S(=O)(=O)NC2CCCCC2C(=O)O)c1. The molecule has 0 saturated heterocycles. The summed E-state index contributed by atoms with van der Waals surface area (Å²) in [5.41, 5.74) is 0.853. The van der Waals surface area contributed by atoms with Crippen LogP contribution in [0.2, 0.25) is 0 Å². The van der Waals surface area contributed by atoms with E-state index in [0.717, 1.165) is 18.4 Å². The molecule has 0 bridgehead atoms. The Hall–Kier alpha value is -1.40. The summed E-state index contributed by atoms with van der Waals surface area (Å²) in [6, 6.07) is 6.08. The van der Waals surface area contributed by atoms with E-state index in [1.807, 2.05) is 13.0 Å². The predicted molar refractivity (Wildman–Crippen MR) is 74.9 cm³/mol. The molecule has 1 saturated carbocycles. The van der Waals surface area contributed by atoms with E-state index in [-0.39, 0.29) is 4.90 Å². The van der Waals surface area contributed by atoms with Gasteiger partial charge in [-0.15, -0.1) is 0 Å². The van der Waals surface area contributed by atoms with Crippen molar-refractivity contribution in [2.75, 3.05) is 0 Å². The van der Waals surface area contributed by atoms with E-state index >= 15 is 0 Å². The van der Waals surface area contributed by atoms with Crippen molar-refractivity contribution in [3.05, 3.63) is 29.8 Å². The first kappa shape index (κ1) is 15.0. The summed E-state index contributed by atoms with van der Waals surface area (Å²) in [6.07, 6.45) is 2.78. The van der Waals surface area contributed by atoms with Crippen molar-refractivity contribution in [3.63, 3.8) is 0 Å². The molecule has 0 spiro atoms. The van der Waals surface area contributed by atoms with E-state index in [1.54, 1.807) is 12.1 Å². The minimum Gasteiger partial charge on any atom is -0.481 e. The molecule has 0 heterocycles. The van der Waals surface area contributed by atoms with Crippen LogP contribution in [0.1, 0.15) is 31.2 Å². The largest absolute Gasteiger partial charge is 0.481 e. The molecule has 110 valence electrons. The van der Waals surface area contributed by atoms with Crippen LogP contribution in [0.5, 0.6) is 0 Å². The standard InChI is InChI=1S/C14H19NO4S/c1-10-5-4-6-11(9-10)20(18,19)15-13-8-3-2-7-12(13)14(16)17/h4-6,9,12-13,15H,2-3,7-8H2,1H3,(H,16,17). The summed E-state index contributed by atoms with van der Waals surface area (Å²) in [5.74, 6) is -1.56. The predicted octanol–water partition coefficient (Wildman–Crippen LogP) is 1.92. The average molecular weight is 297 g/mol. The third kappa shape index (κ3) is 3.37. The van der Waals surface area contributed by atoms with Gasteiger partial charge in [-0.2, -0.15) is 0 Å². The Kier molecular flexibility index (Phi) is 4.45. The lowest BCUT2D eigenvalue weighted by molar-refractivity contribution is -0.143. The Morgan fingerprint density at radius 2 is 2.00 bits per heavy atom. The van der Waals surface area contributed by atoms with Crippen LogP contribution >= 0.6 is 0 Å². The molecule has 1 aromatic rings. The van der Waals surface area contributed by atoms with E-state index in [0.29, 0.717) is 12.8 Å². The van der Waals surface area contributed by atoms with Gasteiger partial charge in [0.15, 0.2) is 0 Å². The summed E-state index contributed by atoms with van der Waals surface area (Å²) in [6.45, 7) is 1.82. The number of rotatable bonds is 4. The van der Waals surface area contributed by atoms with Crippen molar-refractivity contribution in [1.82, 2.24) is 4.72 Å². The third-order valence-corrected chi connectivity index (χ3v) is 5.18. The maximum Gasteiger partial charge on any atom is 0.308 e. The molecule has 2 rings (SSSR count). The van der Waals surface area contributed by atoms with Crippen molar-refractivity contribution in [1.29, 1.82) is 0 Å². The fraction of sp³-hybridized carbons (Fsp3) is 0.500. The molecule has 2 N–H and O–H groups in total. The molecule has 1 aromatic carbocycles. The molecular weight excluding hydrogens is 278 g/mol. The number of sulfonamides is 1. The number of carbonyl (C=O) groups is 1. The van der Waals surface area contributed by atoms with Crippen molar-refractivity contribution in [2.24, 2.45) is 5.92 Å². The molecule has 6 heteroatoms. The second-order valence-corrected chi connectivity index (χ2v) is 6.99. The summed E-state index contributed by atoms with van der Waals surface area (Å²) in [5, 5.41) is 9.19. The summed E-state index contributed by atoms with van der Waals surface area (Å²) in [4.78, 5) is 11.4. The van der Waals surface area contributed by atoms with Gasteiger partial charge in [-0.3, -0.25) is 4.79 Å². The van der Waals surface area contributed by atoms with Gasteiger partial charge in [0.25, 0.3) is 0 Å². The van der Waals surface area contributed by atoms with Crippen LogP contribution in [-0.4, -0.2) is 25.5 Å². The van der Waals surface area contributed by atoms with Gasteiger partial charge in [0, 0.05) is 6.04 Å². The minimum atomic E-state index is -3.66. The van der Waals surface area contributed by atoms with Crippen LogP contribution in [0.4, 0.5) is 0 Å². The number of nitrogens with one attached hydrogen (secondary N) is 1. The van der Waals surface area contributed by atoms with E-state index < -0.39 is 28.0 Å². The topological polar surface area (TPSA) is 83.5 Å². The number of hydrogen-bond donors (Lipinski definition) is 2. The van der Waals surface area contributed by atoms with Gasteiger partial charge in [-0.25, -0.2) is 13.1 Å². The molecule has 1 aliphatic rings. The molecule has 0 amide bonds. The third-order valence-electron chi connectivity index (χ3n) is 3.69. The van der Waals surface area contributed by atoms with Gasteiger partial charge >= 0.3 is 5.97 Å². The molecule has 0 aliphatic heterocycles. The molecule has 5 nitrogen and oxygen atoms in total. The van der Waals surface area contributed by atoms with Gasteiger partial charge in [0.2, 0.25) is 10.0 Å². The monoisotopic (exact) mass is 297 g/mol. The van der Waals surface area contributed by atoms with Crippen molar-refractivity contribution in [3.8, 4) is 0 Å². The van der Waals surface area contributed by atoms with Gasteiger partial charge in [0.1, 0.15) is 0 Å². The Labute approximate surface area is 119 Å². The fourth-order valence-electron chi connectivity index (χ4n) is 2.62. The maximum absolute atomic E-state index is 12.3. The second-order valence-electron chi connectivity index (χ2n) is 5.27. The van der Waals surface area contributed by atoms with Crippen LogP contribution in [0.3, 0.4) is 0 Å². The number of hydrogen-bond acceptors (Lipinski definition) is 3. The van der Waals surface area contributed by atoms with Crippen molar-refractivity contribution in [2.45, 2.75) is 43.5 Å². The number of carboxylic acid groups (broad SMARTS) is 1. The van der Waals surface area contributed by atoms with Gasteiger partial charge in [0.05, 0.1) is 10.8 Å². The number of carboxylic acids is 1. The number of aliphatic carboxylic acids is 1. The second kappa shape index (κ2) is 5.93. The first-order valence-electron chi connectivity index (χ1n) is 6.72. The molecule has 2 atom stereocenters. The molecule has 0 aromatic heterocycles. The molecule has 1 fully saturated rings. The van der Waals surface area contributed by atoms with Crippen LogP contribution in [-0.2, 0) is 14.8 Å². The van der Waals surface area contributed by atoms with Gasteiger partial charge in [-0.05, 0) is 37.5 Å². The van der Waals surface area contributed by atoms with Gasteiger partial charge < -0.3 is 5.11 Å². The molecular formula is C14H19NO4S. The fourth-order valence-corrected chi connectivity index (χ4v) is 4.03. The Bertz CT molecular complexity index is 597. The van der Waals surface area contributed by atoms with E-state index in [9.17, 15) is 18.3 Å². The zero-order chi connectivity index (χ0) is 14.8. The highest BCUT2D eigenvalue weighted by Gasteiger charge is 2.33. The Morgan fingerprint density at radius 3 is 2.65 bits per heavy atom. The molecule has 0 radical (unpaired) electrons. The summed E-state index contributed by atoms with van der Waals surface area (Å²) >= 11 is 0. The minimum absolute atomic E-state index is 0.187. The first-order valence-corrected chi connectivity index (χ1v) is 8.20. The van der Waals surface area contributed by atoms with Crippen molar-refractivity contribution < 1.29 is 18.3 Å². The molecule has 2 unspecified atom stereocenters. The lowest BCUT2D eigenvalue weighted by Gasteiger charge is -2.29. The zero-order valence-electron chi connectivity index (χ0n) is 11.4. The highest BCUT2D eigenvalue weighted by Crippen LogP contribution is 2.26. The maximum atomic E-state index is 12.3. The Balaban J connectivity index is 2.20. The quantitative estimate of drug-likeness (QED) is 0.889. The van der Waals surface area contributed by atoms with Gasteiger partial charge in [-0.1, -0.05) is 25.0 Å². The Morgan fingerprint density at radius 1 is 1.30 bits per heavy atom. The average Bonchev–Trinajstić information content (AvgIpc) is 2.38. The summed E-state index contributed by atoms with van der Waals surface area (Å²) in [7, 11) is -3.66. The number of benzene rings is 1. The van der Waals surface area contributed by atoms with Crippen molar-refractivity contribution >= 4 is 16.0 Å². The smallest absolute Gasteiger partial charge is 0.308 e. The van der Waals surface area contributed by atoms with Crippen LogP contribution in [0.25, 0.3) is 0 Å². The normalized spacial score (nSPS) is 23.4. The summed E-state index contributed by atoms with van der Waals surface area (Å²) < 4.78 is 27.2. The zero-order valence-corrected chi connectivity index (χ0v) is 12.2. The highest BCUT2D eigenvalue weighted by molar-refractivity contribution is 7.89. The van der Waals surface area contributed by atoms with E-state index in [2.05, 4.69) is 4.72 Å². The lowest BCUT2D eigenvalue weighted by atomic mass is 9.85. The lowest BCUT2D eigenvalue weighted by Crippen LogP contribution is -2.45. The van der Waals surface area contributed by atoms with E-state index in [4.69, 9.17) is 0 Å². The van der Waals surface area contributed by atoms with Crippen LogP contribution in [0, 0.1) is 12.8 Å². The van der Waals surface area contributed by atoms with Crippen LogP contribution in [0.15, 0.2) is 29.2 Å². The molecule has 20 heavy (non-hydrogen) atoms.